The number of nitrogens with zero attached hydrogens (tertiary/aromatic N) is 4. The Kier molecular flexibility index (Phi) is 4.43. The molecule has 4 heteroatoms. The maximum atomic E-state index is 4.20. The number of allylic oxidation sites excluding steroid dienone is 3. The molecule has 0 aliphatic heterocycles. The van der Waals surface area contributed by atoms with E-state index in [0.29, 0.717) is 0 Å². The number of aromatic nitrogens is 4. The Balaban J connectivity index is 2.34. The van der Waals surface area contributed by atoms with Crippen LogP contribution >= 0.6 is 0 Å². The molecule has 0 radical (unpaired) electrons. The highest BCUT2D eigenvalue weighted by Crippen LogP contribution is 2.31. The molecule has 0 saturated carbocycles. The zero-order valence-corrected chi connectivity index (χ0v) is 13.2. The van der Waals surface area contributed by atoms with Gasteiger partial charge in [0.25, 0.3) is 0 Å². The largest absolute Gasteiger partial charge is 0.229 e. The molecule has 0 unspecified atom stereocenters. The summed E-state index contributed by atoms with van der Waals surface area (Å²) in [5.74, 6) is 0.741. The van der Waals surface area contributed by atoms with Crippen LogP contribution < -0.4 is 0 Å². The van der Waals surface area contributed by atoms with Crippen LogP contribution in [0, 0.1) is 0 Å². The zero-order valence-electron chi connectivity index (χ0n) is 13.2. The lowest BCUT2D eigenvalue weighted by Gasteiger charge is -2.13. The lowest BCUT2D eigenvalue weighted by Crippen LogP contribution is -2.01. The minimum absolute atomic E-state index is 0.741. The van der Waals surface area contributed by atoms with Crippen molar-refractivity contribution < 1.29 is 0 Å². The van der Waals surface area contributed by atoms with Crippen LogP contribution in [0.2, 0.25) is 0 Å². The predicted octanol–water partition coefficient (Wildman–Crippen LogP) is 3.75. The summed E-state index contributed by atoms with van der Waals surface area (Å²) < 4.78 is 1.70. The van der Waals surface area contributed by atoms with Gasteiger partial charge in [-0.15, -0.1) is 5.10 Å². The van der Waals surface area contributed by atoms with E-state index in [1.807, 2.05) is 56.4 Å². The molecule has 0 fully saturated rings. The van der Waals surface area contributed by atoms with Crippen LogP contribution in [-0.2, 0) is 7.05 Å². The summed E-state index contributed by atoms with van der Waals surface area (Å²) in [4.78, 5) is 0. The van der Waals surface area contributed by atoms with Gasteiger partial charge in [0.2, 0.25) is 0 Å². The van der Waals surface area contributed by atoms with Crippen LogP contribution in [0.4, 0.5) is 0 Å². The molecule has 0 saturated heterocycles. The minimum atomic E-state index is 0.741. The minimum Gasteiger partial charge on any atom is -0.229 e. The summed E-state index contributed by atoms with van der Waals surface area (Å²) in [5, 5.41) is 12.0. The van der Waals surface area contributed by atoms with Crippen molar-refractivity contribution in [1.29, 1.82) is 0 Å². The maximum Gasteiger partial charge on any atom is 0.182 e. The van der Waals surface area contributed by atoms with E-state index in [4.69, 9.17) is 0 Å². The highest BCUT2D eigenvalue weighted by Gasteiger charge is 2.15. The molecule has 4 nitrogen and oxygen atoms in total. The first-order valence-corrected chi connectivity index (χ1v) is 7.52. The normalized spacial score (nSPS) is 10.9. The van der Waals surface area contributed by atoms with Gasteiger partial charge in [0.15, 0.2) is 5.82 Å². The molecule has 0 amide bonds. The summed E-state index contributed by atoms with van der Waals surface area (Å²) in [7, 11) is 1.85. The molecule has 3 rings (SSSR count). The molecular formula is C19H18N4. The first-order valence-electron chi connectivity index (χ1n) is 7.52. The summed E-state index contributed by atoms with van der Waals surface area (Å²) in [5.41, 5.74) is 4.38. The van der Waals surface area contributed by atoms with Gasteiger partial charge in [0.1, 0.15) is 0 Å². The van der Waals surface area contributed by atoms with Gasteiger partial charge in [-0.25, -0.2) is 4.68 Å². The van der Waals surface area contributed by atoms with E-state index in [1.165, 1.54) is 0 Å². The molecular weight excluding hydrogens is 284 g/mol. The third-order valence-corrected chi connectivity index (χ3v) is 3.59. The molecule has 0 N–H and O–H groups in total. The van der Waals surface area contributed by atoms with Gasteiger partial charge >= 0.3 is 0 Å². The number of rotatable bonds is 4. The molecule has 23 heavy (non-hydrogen) atoms. The highest BCUT2D eigenvalue weighted by molar-refractivity contribution is 6.00. The topological polar surface area (TPSA) is 43.6 Å². The Morgan fingerprint density at radius 1 is 0.913 bits per heavy atom. The summed E-state index contributed by atoms with van der Waals surface area (Å²) >= 11 is 0. The second kappa shape index (κ2) is 6.83. The van der Waals surface area contributed by atoms with E-state index in [1.54, 1.807) is 4.68 Å². The second-order valence-electron chi connectivity index (χ2n) is 5.15. The monoisotopic (exact) mass is 302 g/mol. The van der Waals surface area contributed by atoms with Crippen LogP contribution in [-0.4, -0.2) is 20.2 Å². The van der Waals surface area contributed by atoms with Crippen LogP contribution in [0.15, 0.2) is 72.8 Å². The highest BCUT2D eigenvalue weighted by atomic mass is 15.5. The van der Waals surface area contributed by atoms with Gasteiger partial charge in [-0.05, 0) is 34.1 Å². The molecule has 0 aliphatic carbocycles. The molecule has 0 spiro atoms. The second-order valence-corrected chi connectivity index (χ2v) is 5.15. The van der Waals surface area contributed by atoms with Gasteiger partial charge in [-0.1, -0.05) is 72.8 Å². The van der Waals surface area contributed by atoms with Crippen molar-refractivity contribution in [3.05, 3.63) is 89.8 Å². The fourth-order valence-corrected chi connectivity index (χ4v) is 2.58. The van der Waals surface area contributed by atoms with Gasteiger partial charge in [-0.2, -0.15) is 0 Å². The van der Waals surface area contributed by atoms with Crippen LogP contribution in [0.5, 0.6) is 0 Å². The predicted molar refractivity (Wildman–Crippen MR) is 92.4 cm³/mol. The van der Waals surface area contributed by atoms with Gasteiger partial charge in [-0.3, -0.25) is 0 Å². The first-order chi connectivity index (χ1) is 11.3. The van der Waals surface area contributed by atoms with Crippen molar-refractivity contribution in [2.45, 2.75) is 6.92 Å². The molecule has 1 heterocycles. The van der Waals surface area contributed by atoms with Gasteiger partial charge in [0, 0.05) is 12.6 Å². The van der Waals surface area contributed by atoms with Crippen molar-refractivity contribution in [2.75, 3.05) is 0 Å². The van der Waals surface area contributed by atoms with Crippen LogP contribution in [0.1, 0.15) is 23.9 Å². The SMILES string of the molecule is C/C=C/C(=C(c1ccccc1)c1ccccc1)c1nnnn1C. The van der Waals surface area contributed by atoms with E-state index in [0.717, 1.165) is 28.1 Å². The molecule has 0 atom stereocenters. The van der Waals surface area contributed by atoms with Crippen molar-refractivity contribution >= 4 is 11.1 Å². The first kappa shape index (κ1) is 14.9. The Bertz CT molecular complexity index is 789. The maximum absolute atomic E-state index is 4.20. The van der Waals surface area contributed by atoms with E-state index in [-0.39, 0.29) is 0 Å². The molecule has 0 bridgehead atoms. The van der Waals surface area contributed by atoms with Crippen LogP contribution in [0.3, 0.4) is 0 Å². The smallest absolute Gasteiger partial charge is 0.182 e. The number of tetrazole rings is 1. The zero-order chi connectivity index (χ0) is 16.1. The van der Waals surface area contributed by atoms with Crippen molar-refractivity contribution in [3.63, 3.8) is 0 Å². The quantitative estimate of drug-likeness (QED) is 0.689. The van der Waals surface area contributed by atoms with E-state index in [9.17, 15) is 0 Å². The lowest BCUT2D eigenvalue weighted by atomic mass is 9.92. The average Bonchev–Trinajstić information content (AvgIpc) is 3.02. The number of hydrogen-bond acceptors (Lipinski definition) is 3. The van der Waals surface area contributed by atoms with Crippen molar-refractivity contribution in [2.24, 2.45) is 7.05 Å². The fourth-order valence-electron chi connectivity index (χ4n) is 2.58. The van der Waals surface area contributed by atoms with Crippen molar-refractivity contribution in [1.82, 2.24) is 20.2 Å². The van der Waals surface area contributed by atoms with Gasteiger partial charge in [0.05, 0.1) is 0 Å². The third kappa shape index (κ3) is 3.11. The van der Waals surface area contributed by atoms with Crippen molar-refractivity contribution in [3.8, 4) is 0 Å². The number of benzene rings is 2. The van der Waals surface area contributed by atoms with E-state index >= 15 is 0 Å². The number of hydrogen-bond donors (Lipinski definition) is 0. The van der Waals surface area contributed by atoms with E-state index < -0.39 is 0 Å². The summed E-state index contributed by atoms with van der Waals surface area (Å²) in [6.07, 6.45) is 4.07. The average molecular weight is 302 g/mol. The van der Waals surface area contributed by atoms with Gasteiger partial charge < -0.3 is 0 Å². The molecule has 2 aromatic carbocycles. The molecule has 3 aromatic rings. The summed E-state index contributed by atoms with van der Waals surface area (Å²) in [6, 6.07) is 20.6. The Morgan fingerprint density at radius 3 is 1.91 bits per heavy atom. The Labute approximate surface area is 135 Å². The summed E-state index contributed by atoms with van der Waals surface area (Å²) in [6.45, 7) is 2.00. The molecule has 114 valence electrons. The Hall–Kier alpha value is -3.01. The third-order valence-electron chi connectivity index (χ3n) is 3.59. The molecule has 1 aromatic heterocycles. The van der Waals surface area contributed by atoms with E-state index in [2.05, 4.69) is 45.9 Å². The number of aryl methyl sites for hydroxylation is 1. The van der Waals surface area contributed by atoms with Crippen LogP contribution in [0.25, 0.3) is 11.1 Å². The Morgan fingerprint density at radius 2 is 1.48 bits per heavy atom. The lowest BCUT2D eigenvalue weighted by molar-refractivity contribution is 0.705. The molecule has 0 aliphatic rings. The fraction of sp³-hybridized carbons (Fsp3) is 0.105. The standard InChI is InChI=1S/C19H18N4/c1-3-10-17(19-20-21-22-23(19)2)18(15-11-6-4-7-12-15)16-13-8-5-9-14-16/h3-14H,1-2H3/b10-3+.